The minimum atomic E-state index is -0.601. The van der Waals surface area contributed by atoms with Crippen LogP contribution in [0.2, 0.25) is 0 Å². The zero-order chi connectivity index (χ0) is 23.0. The smallest absolute Gasteiger partial charge is 0.269 e. The number of non-ortho nitro benzene ring substituents is 1. The van der Waals surface area contributed by atoms with E-state index in [4.69, 9.17) is 0 Å². The number of thioether (sulfide) groups is 1. The molecular formula is C23H29N3O4S. The standard InChI is InChI=1S/C23H29N3O4S/c1-16(2)24-23(28)18(4)25(13-20-7-5-6-17(3)12-20)22(27)15-31-14-19-8-10-21(11-9-19)26(29)30/h5-12,16,18H,13-15H2,1-4H3,(H,24,28). The molecule has 2 aromatic rings. The van der Waals surface area contributed by atoms with E-state index in [0.717, 1.165) is 16.7 Å². The summed E-state index contributed by atoms with van der Waals surface area (Å²) in [5.74, 6) is 0.452. The van der Waals surface area contributed by atoms with Crippen molar-refractivity contribution in [2.45, 2.75) is 52.1 Å². The number of benzene rings is 2. The van der Waals surface area contributed by atoms with Crippen LogP contribution in [-0.2, 0) is 21.9 Å². The lowest BCUT2D eigenvalue weighted by Crippen LogP contribution is -2.49. The average molecular weight is 444 g/mol. The molecule has 7 nitrogen and oxygen atoms in total. The fourth-order valence-corrected chi connectivity index (χ4v) is 3.92. The molecule has 0 saturated heterocycles. The summed E-state index contributed by atoms with van der Waals surface area (Å²) in [6.45, 7) is 7.86. The molecule has 0 aliphatic heterocycles. The van der Waals surface area contributed by atoms with Crippen molar-refractivity contribution >= 4 is 29.3 Å². The maximum absolute atomic E-state index is 13.0. The number of nitro groups is 1. The topological polar surface area (TPSA) is 92.6 Å². The Morgan fingerprint density at radius 3 is 2.35 bits per heavy atom. The molecular weight excluding hydrogens is 414 g/mol. The summed E-state index contributed by atoms with van der Waals surface area (Å²) in [5, 5.41) is 13.6. The van der Waals surface area contributed by atoms with E-state index in [1.54, 1.807) is 24.0 Å². The molecule has 1 unspecified atom stereocenters. The highest BCUT2D eigenvalue weighted by Crippen LogP contribution is 2.19. The fraction of sp³-hybridized carbons (Fsp3) is 0.391. The zero-order valence-electron chi connectivity index (χ0n) is 18.3. The lowest BCUT2D eigenvalue weighted by molar-refractivity contribution is -0.384. The van der Waals surface area contributed by atoms with Gasteiger partial charge in [0.15, 0.2) is 0 Å². The van der Waals surface area contributed by atoms with Gasteiger partial charge >= 0.3 is 0 Å². The van der Waals surface area contributed by atoms with Crippen molar-refractivity contribution in [3.8, 4) is 0 Å². The molecule has 0 aromatic heterocycles. The number of nitrogens with one attached hydrogen (secondary N) is 1. The lowest BCUT2D eigenvalue weighted by Gasteiger charge is -2.29. The Kier molecular flexibility index (Phi) is 9.05. The molecule has 8 heteroatoms. The van der Waals surface area contributed by atoms with Crippen LogP contribution in [0.5, 0.6) is 0 Å². The molecule has 2 aromatic carbocycles. The highest BCUT2D eigenvalue weighted by molar-refractivity contribution is 7.99. The van der Waals surface area contributed by atoms with Crippen LogP contribution in [0.3, 0.4) is 0 Å². The highest BCUT2D eigenvalue weighted by atomic mass is 32.2. The summed E-state index contributed by atoms with van der Waals surface area (Å²) >= 11 is 1.42. The second-order valence-corrected chi connectivity index (χ2v) is 8.75. The van der Waals surface area contributed by atoms with Crippen LogP contribution in [-0.4, -0.2) is 39.5 Å². The van der Waals surface area contributed by atoms with Crippen LogP contribution >= 0.6 is 11.8 Å². The van der Waals surface area contributed by atoms with Crippen LogP contribution in [0.4, 0.5) is 5.69 Å². The number of rotatable bonds is 10. The number of nitro benzene ring substituents is 1. The summed E-state index contributed by atoms with van der Waals surface area (Å²) in [7, 11) is 0. The van der Waals surface area contributed by atoms with Crippen molar-refractivity contribution in [1.82, 2.24) is 10.2 Å². The lowest BCUT2D eigenvalue weighted by atomic mass is 10.1. The van der Waals surface area contributed by atoms with Gasteiger partial charge in [-0.3, -0.25) is 19.7 Å². The minimum absolute atomic E-state index is 0.0117. The number of carbonyl (C=O) groups is 2. The van der Waals surface area contributed by atoms with E-state index in [1.165, 1.54) is 23.9 Å². The third kappa shape index (κ3) is 7.71. The van der Waals surface area contributed by atoms with Gasteiger partial charge < -0.3 is 10.2 Å². The maximum Gasteiger partial charge on any atom is 0.269 e. The van der Waals surface area contributed by atoms with E-state index < -0.39 is 11.0 Å². The van der Waals surface area contributed by atoms with Gasteiger partial charge in [-0.25, -0.2) is 0 Å². The summed E-state index contributed by atoms with van der Waals surface area (Å²) in [5.41, 5.74) is 3.01. The van der Waals surface area contributed by atoms with Crippen LogP contribution in [0.15, 0.2) is 48.5 Å². The van der Waals surface area contributed by atoms with Gasteiger partial charge in [0.25, 0.3) is 5.69 Å². The molecule has 31 heavy (non-hydrogen) atoms. The van der Waals surface area contributed by atoms with Gasteiger partial charge in [-0.05, 0) is 38.8 Å². The molecule has 0 fully saturated rings. The van der Waals surface area contributed by atoms with Crippen molar-refractivity contribution in [3.05, 3.63) is 75.3 Å². The molecule has 0 bridgehead atoms. The van der Waals surface area contributed by atoms with E-state index in [0.29, 0.717) is 12.3 Å². The van der Waals surface area contributed by atoms with E-state index in [9.17, 15) is 19.7 Å². The Bertz CT molecular complexity index is 915. The molecule has 0 spiro atoms. The van der Waals surface area contributed by atoms with Crippen LogP contribution in [0.25, 0.3) is 0 Å². The molecule has 166 valence electrons. The van der Waals surface area contributed by atoms with Gasteiger partial charge in [-0.15, -0.1) is 11.8 Å². The molecule has 1 atom stereocenters. The third-order valence-electron chi connectivity index (χ3n) is 4.68. The number of nitrogens with zero attached hydrogens (tertiary/aromatic N) is 2. The van der Waals surface area contributed by atoms with Crippen molar-refractivity contribution < 1.29 is 14.5 Å². The third-order valence-corrected chi connectivity index (χ3v) is 5.66. The van der Waals surface area contributed by atoms with Gasteiger partial charge in [0.1, 0.15) is 6.04 Å². The molecule has 0 heterocycles. The first-order valence-corrected chi connectivity index (χ1v) is 11.3. The summed E-state index contributed by atoms with van der Waals surface area (Å²) in [6.07, 6.45) is 0. The Morgan fingerprint density at radius 1 is 1.10 bits per heavy atom. The number of carbonyl (C=O) groups excluding carboxylic acids is 2. The van der Waals surface area contributed by atoms with Crippen molar-refractivity contribution in [2.24, 2.45) is 0 Å². The quantitative estimate of drug-likeness (QED) is 0.441. The average Bonchev–Trinajstić information content (AvgIpc) is 2.71. The highest BCUT2D eigenvalue weighted by Gasteiger charge is 2.26. The Hall–Kier alpha value is -2.87. The molecule has 1 N–H and O–H groups in total. The molecule has 0 saturated carbocycles. The molecule has 2 amide bonds. The number of hydrogen-bond donors (Lipinski definition) is 1. The van der Waals surface area contributed by atoms with Gasteiger partial charge in [0.05, 0.1) is 10.7 Å². The summed E-state index contributed by atoms with van der Waals surface area (Å²) in [6, 6.07) is 13.6. The van der Waals surface area contributed by atoms with Crippen molar-refractivity contribution in [2.75, 3.05) is 5.75 Å². The van der Waals surface area contributed by atoms with E-state index in [-0.39, 0.29) is 29.3 Å². The second kappa shape index (κ2) is 11.5. The fourth-order valence-electron chi connectivity index (χ4n) is 3.05. The monoisotopic (exact) mass is 443 g/mol. The predicted molar refractivity (Wildman–Crippen MR) is 124 cm³/mol. The molecule has 0 aliphatic rings. The number of aryl methyl sites for hydroxylation is 1. The number of amides is 2. The largest absolute Gasteiger partial charge is 0.352 e. The molecule has 0 radical (unpaired) electrons. The first-order chi connectivity index (χ1) is 14.7. The normalized spacial score (nSPS) is 11.8. The van der Waals surface area contributed by atoms with Gasteiger partial charge in [-0.2, -0.15) is 0 Å². The Balaban J connectivity index is 2.05. The van der Waals surface area contributed by atoms with Crippen LogP contribution in [0.1, 0.15) is 37.5 Å². The molecule has 0 aliphatic carbocycles. The minimum Gasteiger partial charge on any atom is -0.352 e. The van der Waals surface area contributed by atoms with Crippen LogP contribution in [0, 0.1) is 17.0 Å². The van der Waals surface area contributed by atoms with Gasteiger partial charge in [-0.1, -0.05) is 42.0 Å². The van der Waals surface area contributed by atoms with E-state index >= 15 is 0 Å². The maximum atomic E-state index is 13.0. The van der Waals surface area contributed by atoms with E-state index in [1.807, 2.05) is 45.0 Å². The first-order valence-electron chi connectivity index (χ1n) is 10.1. The SMILES string of the molecule is Cc1cccc(CN(C(=O)CSCc2ccc([N+](=O)[O-])cc2)C(C)C(=O)NC(C)C)c1. The summed E-state index contributed by atoms with van der Waals surface area (Å²) < 4.78 is 0. The van der Waals surface area contributed by atoms with Crippen molar-refractivity contribution in [3.63, 3.8) is 0 Å². The van der Waals surface area contributed by atoms with Crippen molar-refractivity contribution in [1.29, 1.82) is 0 Å². The molecule has 2 rings (SSSR count). The predicted octanol–water partition coefficient (Wildman–Crippen LogP) is 4.08. The Morgan fingerprint density at radius 2 is 1.77 bits per heavy atom. The summed E-state index contributed by atoms with van der Waals surface area (Å²) in [4.78, 5) is 37.5. The second-order valence-electron chi connectivity index (χ2n) is 7.77. The van der Waals surface area contributed by atoms with Gasteiger partial charge in [0, 0.05) is 30.5 Å². The van der Waals surface area contributed by atoms with Gasteiger partial charge in [0.2, 0.25) is 11.8 Å². The van der Waals surface area contributed by atoms with Crippen LogP contribution < -0.4 is 5.32 Å². The zero-order valence-corrected chi connectivity index (χ0v) is 19.1. The Labute approximate surface area is 187 Å². The van der Waals surface area contributed by atoms with E-state index in [2.05, 4.69) is 5.32 Å². The number of hydrogen-bond acceptors (Lipinski definition) is 5. The first kappa shape index (κ1) is 24.4.